The van der Waals surface area contributed by atoms with E-state index in [9.17, 15) is 24.0 Å². The van der Waals surface area contributed by atoms with E-state index in [0.717, 1.165) is 12.0 Å². The van der Waals surface area contributed by atoms with Gasteiger partial charge < -0.3 is 19.1 Å². The Morgan fingerprint density at radius 2 is 1.52 bits per heavy atom. The van der Waals surface area contributed by atoms with Gasteiger partial charge in [0.2, 0.25) is 11.7 Å². The van der Waals surface area contributed by atoms with Crippen LogP contribution in [-0.4, -0.2) is 68.4 Å². The Bertz CT molecular complexity index is 515. The summed E-state index contributed by atoms with van der Waals surface area (Å²) in [7, 11) is 3.43. The van der Waals surface area contributed by atoms with E-state index in [1.54, 1.807) is 0 Å². The molecule has 0 spiro atoms. The maximum atomic E-state index is 12.3. The number of likely N-dealkylation sites (tertiary alicyclic amines) is 1. The molecule has 2 atom stereocenters. The molecular weight excluding hydrogens is 310 g/mol. The van der Waals surface area contributed by atoms with Crippen molar-refractivity contribution in [2.75, 3.05) is 27.9 Å². The molecule has 0 aromatic rings. The van der Waals surface area contributed by atoms with Gasteiger partial charge in [0.25, 0.3) is 0 Å². The Morgan fingerprint density at radius 1 is 0.913 bits per heavy atom. The molecule has 1 fully saturated rings. The molecule has 1 amide bonds. The van der Waals surface area contributed by atoms with Crippen LogP contribution in [0.3, 0.4) is 0 Å². The lowest BCUT2D eigenvalue weighted by atomic mass is 9.92. The number of ketones is 1. The minimum Gasteiger partial charge on any atom is -0.469 e. The average molecular weight is 329 g/mol. The van der Waals surface area contributed by atoms with E-state index in [2.05, 4.69) is 14.2 Å². The minimum atomic E-state index is -1.14. The molecule has 0 aromatic carbocycles. The van der Waals surface area contributed by atoms with E-state index in [4.69, 9.17) is 0 Å². The lowest BCUT2D eigenvalue weighted by Gasteiger charge is -2.36. The first kappa shape index (κ1) is 18.6. The molecule has 0 N–H and O–H groups in total. The van der Waals surface area contributed by atoms with E-state index >= 15 is 0 Å². The number of amides is 1. The summed E-state index contributed by atoms with van der Waals surface area (Å²) in [6.45, 7) is -0.0836. The number of nitrogens with zero attached hydrogens (tertiary/aromatic N) is 1. The van der Waals surface area contributed by atoms with Crippen molar-refractivity contribution in [3.8, 4) is 0 Å². The largest absolute Gasteiger partial charge is 0.469 e. The van der Waals surface area contributed by atoms with Gasteiger partial charge >= 0.3 is 17.9 Å². The van der Waals surface area contributed by atoms with Gasteiger partial charge in [0, 0.05) is 6.54 Å². The predicted molar refractivity (Wildman–Crippen MR) is 73.9 cm³/mol. The van der Waals surface area contributed by atoms with Gasteiger partial charge in [-0.3, -0.25) is 14.4 Å². The second-order valence-corrected chi connectivity index (χ2v) is 4.97. The summed E-state index contributed by atoms with van der Waals surface area (Å²) in [6, 6.07) is -0.904. The number of ether oxygens (including phenoxy) is 3. The number of esters is 3. The van der Waals surface area contributed by atoms with Gasteiger partial charge in [0.05, 0.1) is 33.7 Å². The topological polar surface area (TPSA) is 116 Å². The van der Waals surface area contributed by atoms with Crippen molar-refractivity contribution >= 4 is 29.6 Å². The molecule has 1 aliphatic rings. The van der Waals surface area contributed by atoms with E-state index < -0.39 is 48.0 Å². The van der Waals surface area contributed by atoms with Crippen molar-refractivity contribution in [1.29, 1.82) is 0 Å². The van der Waals surface area contributed by atoms with Crippen molar-refractivity contribution in [3.05, 3.63) is 0 Å². The molecule has 9 heteroatoms. The molecule has 9 nitrogen and oxygen atoms in total. The van der Waals surface area contributed by atoms with Crippen molar-refractivity contribution in [1.82, 2.24) is 4.90 Å². The average Bonchev–Trinajstić information content (AvgIpc) is 2.58. The molecular formula is C14H19NO8. The number of methoxy groups -OCH3 is 3. The summed E-state index contributed by atoms with van der Waals surface area (Å²) in [6.07, 6.45) is -0.195. The SMILES string of the molecule is COC(=O)C(=O)CC(=O)N1CC(C(=O)OC)CCC1C(=O)OC. The number of hydrogen-bond acceptors (Lipinski definition) is 8. The molecule has 2 unspecified atom stereocenters. The first-order valence-corrected chi connectivity index (χ1v) is 6.91. The molecule has 1 rings (SSSR count). The molecule has 23 heavy (non-hydrogen) atoms. The normalized spacial score (nSPS) is 20.4. The highest BCUT2D eigenvalue weighted by atomic mass is 16.5. The van der Waals surface area contributed by atoms with Gasteiger partial charge in [-0.15, -0.1) is 0 Å². The molecule has 1 aliphatic heterocycles. The van der Waals surface area contributed by atoms with Crippen LogP contribution in [0.2, 0.25) is 0 Å². The fraction of sp³-hybridized carbons (Fsp3) is 0.643. The van der Waals surface area contributed by atoms with Crippen LogP contribution >= 0.6 is 0 Å². The van der Waals surface area contributed by atoms with Crippen LogP contribution in [0.25, 0.3) is 0 Å². The summed E-state index contributed by atoms with van der Waals surface area (Å²) in [5.41, 5.74) is 0. The van der Waals surface area contributed by atoms with Crippen LogP contribution in [-0.2, 0) is 38.2 Å². The number of Topliss-reactive ketones (excluding diaryl/α,β-unsaturated/α-hetero) is 1. The Labute approximate surface area is 132 Å². The zero-order valence-electron chi connectivity index (χ0n) is 13.2. The highest BCUT2D eigenvalue weighted by molar-refractivity contribution is 6.36. The van der Waals surface area contributed by atoms with Crippen LogP contribution in [0.4, 0.5) is 0 Å². The smallest absolute Gasteiger partial charge is 0.374 e. The van der Waals surface area contributed by atoms with Gasteiger partial charge in [0.1, 0.15) is 6.04 Å². The van der Waals surface area contributed by atoms with Crippen LogP contribution in [0, 0.1) is 5.92 Å². The first-order valence-electron chi connectivity index (χ1n) is 6.91. The summed E-state index contributed by atoms with van der Waals surface area (Å²) >= 11 is 0. The monoisotopic (exact) mass is 329 g/mol. The number of hydrogen-bond donors (Lipinski definition) is 0. The zero-order chi connectivity index (χ0) is 17.6. The second-order valence-electron chi connectivity index (χ2n) is 4.97. The zero-order valence-corrected chi connectivity index (χ0v) is 13.2. The van der Waals surface area contributed by atoms with Crippen molar-refractivity contribution in [2.24, 2.45) is 5.92 Å². The molecule has 0 aliphatic carbocycles. The van der Waals surface area contributed by atoms with Gasteiger partial charge in [-0.2, -0.15) is 0 Å². The first-order chi connectivity index (χ1) is 10.8. The molecule has 1 saturated heterocycles. The number of rotatable bonds is 5. The molecule has 0 saturated carbocycles. The molecule has 0 radical (unpaired) electrons. The highest BCUT2D eigenvalue weighted by Crippen LogP contribution is 2.24. The second kappa shape index (κ2) is 8.25. The Balaban J connectivity index is 2.90. The Hall–Kier alpha value is -2.45. The maximum absolute atomic E-state index is 12.3. The van der Waals surface area contributed by atoms with Crippen molar-refractivity contribution in [2.45, 2.75) is 25.3 Å². The van der Waals surface area contributed by atoms with Gasteiger partial charge in [-0.25, -0.2) is 9.59 Å². The van der Waals surface area contributed by atoms with Crippen molar-refractivity contribution in [3.63, 3.8) is 0 Å². The van der Waals surface area contributed by atoms with Crippen LogP contribution in [0.5, 0.6) is 0 Å². The number of carbonyl (C=O) groups excluding carboxylic acids is 5. The standard InChI is InChI=1S/C14H19NO8/c1-21-12(18)8-4-5-9(13(19)22-2)15(7-8)11(17)6-10(16)14(20)23-3/h8-9H,4-7H2,1-3H3. The van der Waals surface area contributed by atoms with Gasteiger partial charge in [-0.05, 0) is 12.8 Å². The molecule has 0 bridgehead atoms. The third-order valence-electron chi connectivity index (χ3n) is 3.63. The van der Waals surface area contributed by atoms with Gasteiger partial charge in [0.15, 0.2) is 0 Å². The molecule has 0 aromatic heterocycles. The predicted octanol–water partition coefficient (Wildman–Crippen LogP) is -0.928. The summed E-state index contributed by atoms with van der Waals surface area (Å²) in [5.74, 6) is -4.67. The Morgan fingerprint density at radius 3 is 2.04 bits per heavy atom. The molecule has 1 heterocycles. The van der Waals surface area contributed by atoms with Crippen LogP contribution in [0.1, 0.15) is 19.3 Å². The molecule has 128 valence electrons. The Kier molecular flexibility index (Phi) is 6.67. The van der Waals surface area contributed by atoms with Gasteiger partial charge in [-0.1, -0.05) is 0 Å². The van der Waals surface area contributed by atoms with Crippen molar-refractivity contribution < 1.29 is 38.2 Å². The van der Waals surface area contributed by atoms with E-state index in [-0.39, 0.29) is 13.0 Å². The van der Waals surface area contributed by atoms with E-state index in [0.29, 0.717) is 6.42 Å². The minimum absolute atomic E-state index is 0.0836. The van der Waals surface area contributed by atoms with E-state index in [1.165, 1.54) is 14.2 Å². The number of piperidine rings is 1. The maximum Gasteiger partial charge on any atom is 0.374 e. The van der Waals surface area contributed by atoms with Crippen LogP contribution in [0.15, 0.2) is 0 Å². The quantitative estimate of drug-likeness (QED) is 0.275. The lowest BCUT2D eigenvalue weighted by Crippen LogP contribution is -2.53. The summed E-state index contributed by atoms with van der Waals surface area (Å²) in [5, 5.41) is 0. The highest BCUT2D eigenvalue weighted by Gasteiger charge is 2.40. The summed E-state index contributed by atoms with van der Waals surface area (Å²) in [4.78, 5) is 59.4. The van der Waals surface area contributed by atoms with E-state index in [1.807, 2.05) is 0 Å². The summed E-state index contributed by atoms with van der Waals surface area (Å²) < 4.78 is 13.5. The lowest BCUT2D eigenvalue weighted by molar-refractivity contribution is -0.162. The third kappa shape index (κ3) is 4.51. The third-order valence-corrected chi connectivity index (χ3v) is 3.63. The number of carbonyl (C=O) groups is 5. The fourth-order valence-corrected chi connectivity index (χ4v) is 2.41. The van der Waals surface area contributed by atoms with Crippen LogP contribution < -0.4 is 0 Å². The fourth-order valence-electron chi connectivity index (χ4n) is 2.41.